The fourth-order valence-electron chi connectivity index (χ4n) is 2.19. The topological polar surface area (TPSA) is 95.4 Å². The van der Waals surface area contributed by atoms with Crippen molar-refractivity contribution in [2.45, 2.75) is 13.3 Å². The SMILES string of the molecule is CCOC(=O)c1ccc(-[n+]2noc(N)c2Cc2ccco2)cc1. The third-order valence-corrected chi connectivity index (χ3v) is 3.31. The number of rotatable bonds is 5. The molecule has 0 aliphatic rings. The van der Waals surface area contributed by atoms with Gasteiger partial charge in [0.15, 0.2) is 0 Å². The lowest BCUT2D eigenvalue weighted by Gasteiger charge is -2.00. The second-order valence-corrected chi connectivity index (χ2v) is 4.82. The third kappa shape index (κ3) is 3.08. The lowest BCUT2D eigenvalue weighted by atomic mass is 10.2. The highest BCUT2D eigenvalue weighted by Gasteiger charge is 2.26. The Morgan fingerprint density at radius 2 is 2.09 bits per heavy atom. The van der Waals surface area contributed by atoms with Gasteiger partial charge in [0.05, 0.1) is 24.9 Å². The lowest BCUT2D eigenvalue weighted by molar-refractivity contribution is -0.676. The van der Waals surface area contributed by atoms with Crippen LogP contribution >= 0.6 is 0 Å². The van der Waals surface area contributed by atoms with E-state index in [1.54, 1.807) is 48.2 Å². The lowest BCUT2D eigenvalue weighted by Crippen LogP contribution is -2.37. The van der Waals surface area contributed by atoms with E-state index < -0.39 is 0 Å². The van der Waals surface area contributed by atoms with Gasteiger partial charge in [0.1, 0.15) is 5.76 Å². The summed E-state index contributed by atoms with van der Waals surface area (Å²) in [5.74, 6) is 0.604. The van der Waals surface area contributed by atoms with Crippen LogP contribution in [-0.4, -0.2) is 17.8 Å². The summed E-state index contributed by atoms with van der Waals surface area (Å²) in [4.78, 5) is 11.7. The van der Waals surface area contributed by atoms with E-state index in [1.165, 1.54) is 0 Å². The van der Waals surface area contributed by atoms with E-state index in [0.29, 0.717) is 24.3 Å². The number of nitrogens with two attached hydrogens (primary N) is 1. The van der Waals surface area contributed by atoms with Crippen LogP contribution in [0.3, 0.4) is 0 Å². The molecule has 0 radical (unpaired) electrons. The molecule has 3 rings (SSSR count). The van der Waals surface area contributed by atoms with E-state index >= 15 is 0 Å². The first-order valence-electron chi connectivity index (χ1n) is 7.15. The first kappa shape index (κ1) is 14.8. The Balaban J connectivity index is 1.88. The molecule has 3 aromatic rings. The van der Waals surface area contributed by atoms with Gasteiger partial charge in [0, 0.05) is 12.1 Å². The van der Waals surface area contributed by atoms with Crippen LogP contribution in [0.1, 0.15) is 28.7 Å². The molecule has 0 aliphatic carbocycles. The maximum absolute atomic E-state index is 11.7. The first-order valence-corrected chi connectivity index (χ1v) is 7.15. The van der Waals surface area contributed by atoms with Crippen LogP contribution in [0.15, 0.2) is 51.6 Å². The quantitative estimate of drug-likeness (QED) is 0.571. The average Bonchev–Trinajstić information content (AvgIpc) is 3.19. The maximum Gasteiger partial charge on any atom is 0.338 e. The van der Waals surface area contributed by atoms with Crippen LogP contribution in [0.25, 0.3) is 5.69 Å². The molecule has 2 heterocycles. The van der Waals surface area contributed by atoms with E-state index in [0.717, 1.165) is 11.4 Å². The maximum atomic E-state index is 11.7. The summed E-state index contributed by atoms with van der Waals surface area (Å²) in [6, 6.07) is 10.5. The highest BCUT2D eigenvalue weighted by atomic mass is 16.5. The van der Waals surface area contributed by atoms with Gasteiger partial charge in [-0.05, 0) is 35.9 Å². The minimum absolute atomic E-state index is 0.218. The minimum Gasteiger partial charge on any atom is -0.469 e. The summed E-state index contributed by atoms with van der Waals surface area (Å²) in [6.45, 7) is 2.10. The van der Waals surface area contributed by atoms with Crippen LogP contribution < -0.4 is 10.4 Å². The van der Waals surface area contributed by atoms with Crippen molar-refractivity contribution in [1.82, 2.24) is 5.27 Å². The summed E-state index contributed by atoms with van der Waals surface area (Å²) in [7, 11) is 0. The zero-order chi connectivity index (χ0) is 16.2. The zero-order valence-corrected chi connectivity index (χ0v) is 12.6. The molecular weight excluding hydrogens is 298 g/mol. The average molecular weight is 314 g/mol. The molecule has 118 valence electrons. The summed E-state index contributed by atoms with van der Waals surface area (Å²) in [5, 5.41) is 3.94. The molecule has 0 aliphatic heterocycles. The van der Waals surface area contributed by atoms with E-state index in [9.17, 15) is 4.79 Å². The summed E-state index contributed by atoms with van der Waals surface area (Å²) in [6.07, 6.45) is 2.04. The number of hydrogen-bond acceptors (Lipinski definition) is 6. The molecule has 0 bridgehead atoms. The van der Waals surface area contributed by atoms with E-state index in [2.05, 4.69) is 5.27 Å². The van der Waals surface area contributed by atoms with Crippen LogP contribution in [-0.2, 0) is 11.2 Å². The molecule has 1 aromatic carbocycles. The van der Waals surface area contributed by atoms with Crippen molar-refractivity contribution in [3.8, 4) is 5.69 Å². The third-order valence-electron chi connectivity index (χ3n) is 3.31. The van der Waals surface area contributed by atoms with E-state index in [4.69, 9.17) is 19.4 Å². The molecular formula is C16H16N3O4+. The molecule has 0 spiro atoms. The number of benzene rings is 1. The highest BCUT2D eigenvalue weighted by Crippen LogP contribution is 2.15. The number of hydrogen-bond donors (Lipinski definition) is 1. The van der Waals surface area contributed by atoms with Crippen molar-refractivity contribution in [2.24, 2.45) is 0 Å². The fraction of sp³-hybridized carbons (Fsp3) is 0.188. The Morgan fingerprint density at radius 3 is 2.74 bits per heavy atom. The largest absolute Gasteiger partial charge is 0.469 e. The van der Waals surface area contributed by atoms with Gasteiger partial charge in [0.2, 0.25) is 11.0 Å². The highest BCUT2D eigenvalue weighted by molar-refractivity contribution is 5.89. The molecule has 2 N–H and O–H groups in total. The van der Waals surface area contributed by atoms with Gasteiger partial charge in [-0.2, -0.15) is 0 Å². The molecule has 0 fully saturated rings. The molecule has 0 unspecified atom stereocenters. The standard InChI is InChI=1S/C16H16N3O4/c1-2-21-16(20)11-5-7-12(8-6-11)19-14(15(17)23-18-19)10-13-4-3-9-22-13/h3-9H,2,10,17H2,1H3/q+1. The number of nitrogens with zero attached hydrogens (tertiary/aromatic N) is 2. The number of nitrogen functional groups attached to an aromatic ring is 1. The van der Waals surface area contributed by atoms with E-state index in [1.807, 2.05) is 6.07 Å². The van der Waals surface area contributed by atoms with Crippen LogP contribution in [0.2, 0.25) is 0 Å². The van der Waals surface area contributed by atoms with E-state index in [-0.39, 0.29) is 11.9 Å². The summed E-state index contributed by atoms with van der Waals surface area (Å²) < 4.78 is 16.9. The van der Waals surface area contributed by atoms with Crippen molar-refractivity contribution >= 4 is 11.9 Å². The minimum atomic E-state index is -0.362. The normalized spacial score (nSPS) is 10.7. The predicted octanol–water partition coefficient (Wildman–Crippen LogP) is 1.89. The predicted molar refractivity (Wildman–Crippen MR) is 79.9 cm³/mol. The monoisotopic (exact) mass is 314 g/mol. The Bertz CT molecular complexity index is 791. The number of esters is 1. The van der Waals surface area contributed by atoms with Crippen molar-refractivity contribution in [3.63, 3.8) is 0 Å². The second-order valence-electron chi connectivity index (χ2n) is 4.82. The number of carbonyl (C=O) groups excluding carboxylic acids is 1. The zero-order valence-electron chi connectivity index (χ0n) is 12.6. The Kier molecular flexibility index (Phi) is 4.09. The van der Waals surface area contributed by atoms with Crippen LogP contribution in [0.4, 0.5) is 5.88 Å². The van der Waals surface area contributed by atoms with Crippen molar-refractivity contribution in [1.29, 1.82) is 0 Å². The molecule has 0 saturated heterocycles. The molecule has 0 saturated carbocycles. The second kappa shape index (κ2) is 6.35. The Hall–Kier alpha value is -3.09. The van der Waals surface area contributed by atoms with Crippen LogP contribution in [0.5, 0.6) is 0 Å². The number of ether oxygens (including phenoxy) is 1. The molecule has 0 amide bonds. The Labute approximate surface area is 132 Å². The molecule has 23 heavy (non-hydrogen) atoms. The Morgan fingerprint density at radius 1 is 1.30 bits per heavy atom. The number of furan rings is 1. The van der Waals surface area contributed by atoms with Gasteiger partial charge in [0.25, 0.3) is 11.6 Å². The summed E-state index contributed by atoms with van der Waals surface area (Å²) in [5.41, 5.74) is 7.71. The molecule has 7 heteroatoms. The van der Waals surface area contributed by atoms with Gasteiger partial charge in [-0.15, -0.1) is 0 Å². The number of carbonyl (C=O) groups is 1. The fourth-order valence-corrected chi connectivity index (χ4v) is 2.19. The first-order chi connectivity index (χ1) is 11.2. The molecule has 7 nitrogen and oxygen atoms in total. The van der Waals surface area contributed by atoms with Gasteiger partial charge >= 0.3 is 5.97 Å². The van der Waals surface area contributed by atoms with Crippen molar-refractivity contribution in [3.05, 3.63) is 59.7 Å². The van der Waals surface area contributed by atoms with Crippen LogP contribution in [0, 0.1) is 0 Å². The van der Waals surface area contributed by atoms with Crippen molar-refractivity contribution < 1.29 is 23.2 Å². The van der Waals surface area contributed by atoms with Crippen molar-refractivity contribution in [2.75, 3.05) is 12.3 Å². The van der Waals surface area contributed by atoms with Gasteiger partial charge < -0.3 is 14.9 Å². The molecule has 2 aromatic heterocycles. The van der Waals surface area contributed by atoms with Gasteiger partial charge in [-0.3, -0.25) is 4.52 Å². The molecule has 0 atom stereocenters. The summed E-state index contributed by atoms with van der Waals surface area (Å²) >= 11 is 0. The van der Waals surface area contributed by atoms with Gasteiger partial charge in [-0.1, -0.05) is 0 Å². The number of anilines is 1. The smallest absolute Gasteiger partial charge is 0.338 e. The van der Waals surface area contributed by atoms with Gasteiger partial charge in [-0.25, -0.2) is 4.79 Å². The number of aromatic nitrogens is 2.